The molecule has 1 saturated heterocycles. The topological polar surface area (TPSA) is 89.5 Å². The standard InChI is InChI=1S/C21H28ClN5O3/c1-13-17(22)24-18(20(28)26-21(2,3)4)25-19(13)27-10-8-14(9-11-27)30-15-6-7-16(29-5)23-12-15/h6-7,12,14H,8-11H2,1-5H3,(H,26,28). The average molecular weight is 434 g/mol. The molecule has 0 aliphatic carbocycles. The van der Waals surface area contributed by atoms with Crippen molar-refractivity contribution in [3.63, 3.8) is 0 Å². The zero-order chi connectivity index (χ0) is 21.9. The Balaban J connectivity index is 1.67. The second kappa shape index (κ2) is 9.04. The van der Waals surface area contributed by atoms with Crippen LogP contribution >= 0.6 is 11.6 Å². The number of pyridine rings is 1. The van der Waals surface area contributed by atoms with Gasteiger partial charge < -0.3 is 19.7 Å². The monoisotopic (exact) mass is 433 g/mol. The van der Waals surface area contributed by atoms with Gasteiger partial charge >= 0.3 is 0 Å². The first kappa shape index (κ1) is 22.1. The number of rotatable bonds is 5. The molecule has 8 nitrogen and oxygen atoms in total. The van der Waals surface area contributed by atoms with Crippen molar-refractivity contribution >= 4 is 23.3 Å². The number of halogens is 1. The summed E-state index contributed by atoms with van der Waals surface area (Å²) in [5.74, 6) is 1.71. The number of hydrogen-bond donors (Lipinski definition) is 1. The lowest BCUT2D eigenvalue weighted by Gasteiger charge is -2.33. The van der Waals surface area contributed by atoms with Crippen molar-refractivity contribution in [3.8, 4) is 11.6 Å². The number of nitrogens with one attached hydrogen (secondary N) is 1. The van der Waals surface area contributed by atoms with Crippen LogP contribution in [-0.4, -0.2) is 52.7 Å². The summed E-state index contributed by atoms with van der Waals surface area (Å²) in [5.41, 5.74) is 0.381. The molecule has 0 radical (unpaired) electrons. The Morgan fingerprint density at radius 1 is 1.23 bits per heavy atom. The minimum Gasteiger partial charge on any atom is -0.489 e. The zero-order valence-electron chi connectivity index (χ0n) is 18.0. The summed E-state index contributed by atoms with van der Waals surface area (Å²) in [5, 5.41) is 3.17. The van der Waals surface area contributed by atoms with Crippen LogP contribution in [0.25, 0.3) is 0 Å². The minimum absolute atomic E-state index is 0.0812. The highest BCUT2D eigenvalue weighted by atomic mass is 35.5. The van der Waals surface area contributed by atoms with Gasteiger partial charge in [0.25, 0.3) is 5.91 Å². The summed E-state index contributed by atoms with van der Waals surface area (Å²) < 4.78 is 11.1. The third kappa shape index (κ3) is 5.50. The van der Waals surface area contributed by atoms with E-state index in [-0.39, 0.29) is 23.4 Å². The molecule has 1 amide bonds. The van der Waals surface area contributed by atoms with E-state index in [0.29, 0.717) is 16.9 Å². The van der Waals surface area contributed by atoms with Crippen LogP contribution in [-0.2, 0) is 0 Å². The molecule has 0 atom stereocenters. The van der Waals surface area contributed by atoms with E-state index in [1.54, 1.807) is 19.4 Å². The number of methoxy groups -OCH3 is 1. The SMILES string of the molecule is COc1ccc(OC2CCN(c3nc(C(=O)NC(C)(C)C)nc(Cl)c3C)CC2)cn1. The Kier molecular flexibility index (Phi) is 6.65. The first-order valence-corrected chi connectivity index (χ1v) is 10.3. The molecule has 0 spiro atoms. The largest absolute Gasteiger partial charge is 0.489 e. The smallest absolute Gasteiger partial charge is 0.289 e. The van der Waals surface area contributed by atoms with Crippen molar-refractivity contribution in [2.45, 2.75) is 52.2 Å². The maximum absolute atomic E-state index is 12.5. The molecule has 30 heavy (non-hydrogen) atoms. The van der Waals surface area contributed by atoms with Crippen molar-refractivity contribution in [2.24, 2.45) is 0 Å². The summed E-state index contributed by atoms with van der Waals surface area (Å²) in [6, 6.07) is 3.63. The molecule has 0 unspecified atom stereocenters. The molecule has 1 fully saturated rings. The molecule has 0 bridgehead atoms. The number of aromatic nitrogens is 3. The molecule has 162 valence electrons. The number of amides is 1. The van der Waals surface area contributed by atoms with E-state index in [9.17, 15) is 4.79 Å². The van der Waals surface area contributed by atoms with Crippen LogP contribution in [0.2, 0.25) is 5.15 Å². The van der Waals surface area contributed by atoms with Crippen LogP contribution in [0.5, 0.6) is 11.6 Å². The maximum Gasteiger partial charge on any atom is 0.289 e. The van der Waals surface area contributed by atoms with Gasteiger partial charge in [0, 0.05) is 43.1 Å². The molecule has 0 saturated carbocycles. The zero-order valence-corrected chi connectivity index (χ0v) is 18.8. The van der Waals surface area contributed by atoms with Gasteiger partial charge in [0.15, 0.2) is 0 Å². The summed E-state index contributed by atoms with van der Waals surface area (Å²) >= 11 is 6.31. The molecule has 2 aromatic rings. The lowest BCUT2D eigenvalue weighted by molar-refractivity contribution is 0.0908. The van der Waals surface area contributed by atoms with Gasteiger partial charge in [-0.3, -0.25) is 4.79 Å². The van der Waals surface area contributed by atoms with E-state index in [1.807, 2.05) is 33.8 Å². The summed E-state index contributed by atoms with van der Waals surface area (Å²) in [6.45, 7) is 9.07. The van der Waals surface area contributed by atoms with Gasteiger partial charge in [0.2, 0.25) is 11.7 Å². The van der Waals surface area contributed by atoms with Crippen LogP contribution in [0, 0.1) is 6.92 Å². The molecule has 2 aromatic heterocycles. The van der Waals surface area contributed by atoms with E-state index in [0.717, 1.165) is 37.2 Å². The summed E-state index contributed by atoms with van der Waals surface area (Å²) in [7, 11) is 1.58. The Morgan fingerprint density at radius 2 is 1.93 bits per heavy atom. The van der Waals surface area contributed by atoms with E-state index in [2.05, 4.69) is 25.2 Å². The maximum atomic E-state index is 12.5. The molecule has 3 heterocycles. The van der Waals surface area contributed by atoms with Crippen molar-refractivity contribution in [1.29, 1.82) is 0 Å². The minimum atomic E-state index is -0.385. The number of ether oxygens (including phenoxy) is 2. The summed E-state index contributed by atoms with van der Waals surface area (Å²) in [6.07, 6.45) is 3.38. The van der Waals surface area contributed by atoms with Crippen LogP contribution in [0.4, 0.5) is 5.82 Å². The normalized spacial score (nSPS) is 15.1. The Morgan fingerprint density at radius 3 is 2.50 bits per heavy atom. The van der Waals surface area contributed by atoms with Gasteiger partial charge in [-0.25, -0.2) is 15.0 Å². The highest BCUT2D eigenvalue weighted by Crippen LogP contribution is 2.28. The van der Waals surface area contributed by atoms with Crippen LogP contribution in [0.3, 0.4) is 0 Å². The summed E-state index contributed by atoms with van der Waals surface area (Å²) in [4.78, 5) is 27.5. The fourth-order valence-electron chi connectivity index (χ4n) is 3.22. The Bertz CT molecular complexity index is 891. The predicted octanol–water partition coefficient (Wildman–Crippen LogP) is 3.42. The van der Waals surface area contributed by atoms with Crippen molar-refractivity contribution < 1.29 is 14.3 Å². The highest BCUT2D eigenvalue weighted by Gasteiger charge is 2.26. The number of nitrogens with zero attached hydrogens (tertiary/aromatic N) is 4. The number of hydrogen-bond acceptors (Lipinski definition) is 7. The third-order valence-corrected chi connectivity index (χ3v) is 5.08. The van der Waals surface area contributed by atoms with Gasteiger partial charge in [-0.15, -0.1) is 0 Å². The quantitative estimate of drug-likeness (QED) is 0.722. The first-order chi connectivity index (χ1) is 14.2. The lowest BCUT2D eigenvalue weighted by atomic mass is 10.1. The molecule has 1 aliphatic heterocycles. The van der Waals surface area contributed by atoms with Crippen molar-refractivity contribution in [3.05, 3.63) is 34.9 Å². The van der Waals surface area contributed by atoms with E-state index in [4.69, 9.17) is 21.1 Å². The van der Waals surface area contributed by atoms with Crippen LogP contribution < -0.4 is 19.7 Å². The van der Waals surface area contributed by atoms with Crippen molar-refractivity contribution in [1.82, 2.24) is 20.3 Å². The van der Waals surface area contributed by atoms with E-state index < -0.39 is 0 Å². The van der Waals surface area contributed by atoms with Crippen LogP contribution in [0.15, 0.2) is 18.3 Å². The second-order valence-electron chi connectivity index (χ2n) is 8.33. The van der Waals surface area contributed by atoms with Gasteiger partial charge in [-0.2, -0.15) is 0 Å². The number of piperidine rings is 1. The van der Waals surface area contributed by atoms with Gasteiger partial charge in [0.05, 0.1) is 13.3 Å². The average Bonchev–Trinajstić information content (AvgIpc) is 2.70. The van der Waals surface area contributed by atoms with Crippen molar-refractivity contribution in [2.75, 3.05) is 25.1 Å². The van der Waals surface area contributed by atoms with Gasteiger partial charge in [-0.1, -0.05) is 11.6 Å². The molecule has 0 aromatic carbocycles. The Labute approximate surface area is 182 Å². The third-order valence-electron chi connectivity index (χ3n) is 4.71. The number of anilines is 1. The lowest BCUT2D eigenvalue weighted by Crippen LogP contribution is -2.42. The second-order valence-corrected chi connectivity index (χ2v) is 8.69. The molecule has 1 aliphatic rings. The fourth-order valence-corrected chi connectivity index (χ4v) is 3.38. The molecular formula is C21H28ClN5O3. The fraction of sp³-hybridized carbons (Fsp3) is 0.524. The van der Waals surface area contributed by atoms with Crippen LogP contribution in [0.1, 0.15) is 49.8 Å². The van der Waals surface area contributed by atoms with Gasteiger partial charge in [0.1, 0.15) is 22.8 Å². The molecule has 9 heteroatoms. The predicted molar refractivity (Wildman–Crippen MR) is 116 cm³/mol. The van der Waals surface area contributed by atoms with E-state index >= 15 is 0 Å². The molecule has 1 N–H and O–H groups in total. The Hall–Kier alpha value is -2.61. The van der Waals surface area contributed by atoms with Gasteiger partial charge in [-0.05, 0) is 33.8 Å². The highest BCUT2D eigenvalue weighted by molar-refractivity contribution is 6.30. The number of carbonyl (C=O) groups is 1. The van der Waals surface area contributed by atoms with E-state index in [1.165, 1.54) is 0 Å². The first-order valence-electron chi connectivity index (χ1n) is 9.94. The molecular weight excluding hydrogens is 406 g/mol. The number of carbonyl (C=O) groups excluding carboxylic acids is 1. The molecule has 3 rings (SSSR count).